The number of aryl methyl sites for hydroxylation is 2. The van der Waals surface area contributed by atoms with E-state index in [4.69, 9.17) is 4.74 Å². The average Bonchev–Trinajstić information content (AvgIpc) is 3.09. The number of nitrogens with zero attached hydrogens (tertiary/aromatic N) is 1. The largest absolute Gasteiger partial charge is 0.376 e. The molecule has 2 aliphatic rings. The Morgan fingerprint density at radius 3 is 3.09 bits per heavy atom. The number of hydrogen-bond acceptors (Lipinski definition) is 3. The highest BCUT2D eigenvalue weighted by molar-refractivity contribution is 5.97. The van der Waals surface area contributed by atoms with E-state index in [2.05, 4.69) is 16.0 Å². The molecular weight excluding hydrogens is 292 g/mol. The minimum Gasteiger partial charge on any atom is -0.376 e. The van der Waals surface area contributed by atoms with Crippen LogP contribution < -0.4 is 10.7 Å². The molecule has 23 heavy (non-hydrogen) atoms. The Kier molecular flexibility index (Phi) is 3.65. The van der Waals surface area contributed by atoms with Crippen molar-refractivity contribution in [1.29, 1.82) is 0 Å². The SMILES string of the molecule is O=C(NCC1CCCO1)c1cn2c3c(cccc3c1=O)CCC2. The first-order valence-electron chi connectivity index (χ1n) is 8.29. The summed E-state index contributed by atoms with van der Waals surface area (Å²) in [5.74, 6) is -0.299. The number of benzene rings is 1. The molecule has 0 radical (unpaired) electrons. The van der Waals surface area contributed by atoms with Crippen LogP contribution in [0.5, 0.6) is 0 Å². The second-order valence-electron chi connectivity index (χ2n) is 6.33. The fraction of sp³-hybridized carbons (Fsp3) is 0.444. The number of nitrogens with one attached hydrogen (secondary N) is 1. The molecule has 1 saturated heterocycles. The molecule has 1 aromatic carbocycles. The topological polar surface area (TPSA) is 60.3 Å². The Bertz CT molecular complexity index is 819. The van der Waals surface area contributed by atoms with E-state index in [1.807, 2.05) is 12.1 Å². The van der Waals surface area contributed by atoms with Gasteiger partial charge in [0.25, 0.3) is 5.91 Å². The van der Waals surface area contributed by atoms with E-state index < -0.39 is 0 Å². The lowest BCUT2D eigenvalue weighted by atomic mass is 10.00. The molecule has 2 aromatic rings. The molecule has 1 fully saturated rings. The highest BCUT2D eigenvalue weighted by Gasteiger charge is 2.21. The van der Waals surface area contributed by atoms with Crippen LogP contribution in [0.2, 0.25) is 0 Å². The van der Waals surface area contributed by atoms with Gasteiger partial charge in [0, 0.05) is 31.3 Å². The molecule has 0 bridgehead atoms. The van der Waals surface area contributed by atoms with Crippen molar-refractivity contribution in [1.82, 2.24) is 9.88 Å². The number of carbonyl (C=O) groups is 1. The minimum atomic E-state index is -0.299. The van der Waals surface area contributed by atoms with Gasteiger partial charge in [-0.2, -0.15) is 0 Å². The van der Waals surface area contributed by atoms with Crippen molar-refractivity contribution < 1.29 is 9.53 Å². The van der Waals surface area contributed by atoms with Crippen molar-refractivity contribution in [2.75, 3.05) is 13.2 Å². The molecule has 120 valence electrons. The van der Waals surface area contributed by atoms with Crippen molar-refractivity contribution >= 4 is 16.8 Å². The van der Waals surface area contributed by atoms with E-state index in [0.717, 1.165) is 44.4 Å². The highest BCUT2D eigenvalue weighted by Crippen LogP contribution is 2.23. The highest BCUT2D eigenvalue weighted by atomic mass is 16.5. The van der Waals surface area contributed by atoms with E-state index in [0.29, 0.717) is 11.9 Å². The van der Waals surface area contributed by atoms with Gasteiger partial charge in [-0.15, -0.1) is 0 Å². The van der Waals surface area contributed by atoms with Crippen molar-refractivity contribution in [2.24, 2.45) is 0 Å². The summed E-state index contributed by atoms with van der Waals surface area (Å²) in [4.78, 5) is 25.2. The lowest BCUT2D eigenvalue weighted by molar-refractivity contribution is 0.0856. The zero-order chi connectivity index (χ0) is 15.8. The van der Waals surface area contributed by atoms with Gasteiger partial charge in [0.1, 0.15) is 5.56 Å². The average molecular weight is 312 g/mol. The molecule has 0 aliphatic carbocycles. The summed E-state index contributed by atoms with van der Waals surface area (Å²) in [5, 5.41) is 3.50. The maximum Gasteiger partial charge on any atom is 0.256 e. The van der Waals surface area contributed by atoms with Crippen LogP contribution in [-0.4, -0.2) is 29.7 Å². The van der Waals surface area contributed by atoms with Gasteiger partial charge < -0.3 is 14.6 Å². The van der Waals surface area contributed by atoms with Crippen molar-refractivity contribution in [2.45, 2.75) is 38.3 Å². The normalized spacial score (nSPS) is 19.9. The summed E-state index contributed by atoms with van der Waals surface area (Å²) >= 11 is 0. The van der Waals surface area contributed by atoms with Crippen LogP contribution in [0.4, 0.5) is 0 Å². The third-order valence-corrected chi connectivity index (χ3v) is 4.79. The van der Waals surface area contributed by atoms with Gasteiger partial charge in [-0.1, -0.05) is 12.1 Å². The molecule has 0 saturated carbocycles. The van der Waals surface area contributed by atoms with E-state index in [1.54, 1.807) is 6.20 Å². The zero-order valence-corrected chi connectivity index (χ0v) is 13.0. The molecule has 5 nitrogen and oxygen atoms in total. The van der Waals surface area contributed by atoms with Crippen LogP contribution in [0.3, 0.4) is 0 Å². The fourth-order valence-corrected chi connectivity index (χ4v) is 3.62. The number of rotatable bonds is 3. The van der Waals surface area contributed by atoms with Crippen LogP contribution in [0.15, 0.2) is 29.2 Å². The molecule has 1 unspecified atom stereocenters. The van der Waals surface area contributed by atoms with Crippen molar-refractivity contribution in [3.63, 3.8) is 0 Å². The van der Waals surface area contributed by atoms with Crippen molar-refractivity contribution in [3.8, 4) is 0 Å². The molecule has 4 rings (SSSR count). The van der Waals surface area contributed by atoms with Crippen LogP contribution in [0.25, 0.3) is 10.9 Å². The van der Waals surface area contributed by atoms with Crippen LogP contribution >= 0.6 is 0 Å². The number of hydrogen-bond donors (Lipinski definition) is 1. The third-order valence-electron chi connectivity index (χ3n) is 4.79. The van der Waals surface area contributed by atoms with Gasteiger partial charge >= 0.3 is 0 Å². The molecule has 3 heterocycles. The Morgan fingerprint density at radius 2 is 2.26 bits per heavy atom. The van der Waals surface area contributed by atoms with Gasteiger partial charge in [0.05, 0.1) is 11.6 Å². The summed E-state index contributed by atoms with van der Waals surface area (Å²) in [6.07, 6.45) is 5.82. The molecule has 5 heteroatoms. The molecule has 1 amide bonds. The summed E-state index contributed by atoms with van der Waals surface area (Å²) < 4.78 is 7.56. The van der Waals surface area contributed by atoms with Crippen LogP contribution in [-0.2, 0) is 17.7 Å². The second kappa shape index (κ2) is 5.81. The van der Waals surface area contributed by atoms with E-state index >= 15 is 0 Å². The number of amides is 1. The summed E-state index contributed by atoms with van der Waals surface area (Å²) in [7, 11) is 0. The second-order valence-corrected chi connectivity index (χ2v) is 6.33. The number of carbonyl (C=O) groups excluding carboxylic acids is 1. The third kappa shape index (κ3) is 2.55. The monoisotopic (exact) mass is 312 g/mol. The van der Waals surface area contributed by atoms with Gasteiger partial charge in [-0.3, -0.25) is 9.59 Å². The molecule has 0 spiro atoms. The molecule has 2 aliphatic heterocycles. The smallest absolute Gasteiger partial charge is 0.256 e. The van der Waals surface area contributed by atoms with Gasteiger partial charge in [-0.25, -0.2) is 0 Å². The lowest BCUT2D eigenvalue weighted by Crippen LogP contribution is -2.35. The van der Waals surface area contributed by atoms with E-state index in [9.17, 15) is 9.59 Å². The number of pyridine rings is 1. The number of ether oxygens (including phenoxy) is 1. The Morgan fingerprint density at radius 1 is 1.35 bits per heavy atom. The fourth-order valence-electron chi connectivity index (χ4n) is 3.62. The lowest BCUT2D eigenvalue weighted by Gasteiger charge is -2.20. The zero-order valence-electron chi connectivity index (χ0n) is 13.0. The Labute approximate surface area is 134 Å². The van der Waals surface area contributed by atoms with E-state index in [1.165, 1.54) is 5.56 Å². The van der Waals surface area contributed by atoms with Crippen molar-refractivity contribution in [3.05, 3.63) is 45.7 Å². The summed E-state index contributed by atoms with van der Waals surface area (Å²) in [6, 6.07) is 5.79. The van der Waals surface area contributed by atoms with Crippen LogP contribution in [0, 0.1) is 0 Å². The Balaban J connectivity index is 1.68. The first-order chi connectivity index (χ1) is 11.2. The van der Waals surface area contributed by atoms with Gasteiger partial charge in [0.15, 0.2) is 0 Å². The minimum absolute atomic E-state index is 0.0760. The predicted molar refractivity (Wildman–Crippen MR) is 87.8 cm³/mol. The quantitative estimate of drug-likeness (QED) is 0.941. The molecule has 1 N–H and O–H groups in total. The number of para-hydroxylation sites is 1. The maximum absolute atomic E-state index is 12.7. The first kappa shape index (κ1) is 14.5. The predicted octanol–water partition coefficient (Wildman–Crippen LogP) is 1.86. The van der Waals surface area contributed by atoms with Crippen LogP contribution in [0.1, 0.15) is 35.2 Å². The summed E-state index contributed by atoms with van der Waals surface area (Å²) in [5.41, 5.74) is 2.23. The van der Waals surface area contributed by atoms with Gasteiger partial charge in [-0.05, 0) is 37.3 Å². The molecule has 1 aromatic heterocycles. The standard InChI is InChI=1S/C18H20N2O3/c21-17-14-7-1-4-12-5-2-8-20(16(12)14)11-15(17)18(22)19-10-13-6-3-9-23-13/h1,4,7,11,13H,2-3,5-6,8-10H2,(H,19,22). The number of aromatic nitrogens is 1. The molecular formula is C18H20N2O3. The summed E-state index contributed by atoms with van der Waals surface area (Å²) in [6.45, 7) is 2.07. The van der Waals surface area contributed by atoms with E-state index in [-0.39, 0.29) is 23.0 Å². The first-order valence-corrected chi connectivity index (χ1v) is 8.29. The molecule has 1 atom stereocenters. The van der Waals surface area contributed by atoms with Gasteiger partial charge in [0.2, 0.25) is 5.43 Å². The Hall–Kier alpha value is -2.14. The maximum atomic E-state index is 12.7.